The van der Waals surface area contributed by atoms with Gasteiger partial charge in [-0.05, 0) is 44.5 Å². The summed E-state index contributed by atoms with van der Waals surface area (Å²) >= 11 is 3.36. The maximum Gasteiger partial charge on any atom is 0.319 e. The number of amides is 2. The molecule has 4 nitrogen and oxygen atoms in total. The second-order valence-electron chi connectivity index (χ2n) is 4.58. The summed E-state index contributed by atoms with van der Waals surface area (Å²) in [5.74, 6) is 0. The highest BCUT2D eigenvalue weighted by molar-refractivity contribution is 9.10. The Morgan fingerprint density at radius 2 is 2.12 bits per heavy atom. The van der Waals surface area contributed by atoms with Crippen molar-refractivity contribution >= 4 is 27.6 Å². The summed E-state index contributed by atoms with van der Waals surface area (Å²) in [4.78, 5) is 11.7. The van der Waals surface area contributed by atoms with Gasteiger partial charge in [0.1, 0.15) is 0 Å². The van der Waals surface area contributed by atoms with Crippen molar-refractivity contribution in [3.63, 3.8) is 0 Å². The van der Waals surface area contributed by atoms with E-state index in [9.17, 15) is 4.79 Å². The molecule has 0 saturated heterocycles. The predicted octanol–water partition coefficient (Wildman–Crippen LogP) is 2.65. The van der Waals surface area contributed by atoms with Crippen molar-refractivity contribution in [3.8, 4) is 0 Å². The van der Waals surface area contributed by atoms with Crippen molar-refractivity contribution in [2.75, 3.05) is 11.9 Å². The summed E-state index contributed by atoms with van der Waals surface area (Å²) in [6.45, 7) is 5.30. The third kappa shape index (κ3) is 4.36. The number of aliphatic hydroxyl groups is 1. The first kappa shape index (κ1) is 14.0. The van der Waals surface area contributed by atoms with Crippen LogP contribution in [0.3, 0.4) is 0 Å². The quantitative estimate of drug-likeness (QED) is 0.804. The maximum atomic E-state index is 11.7. The SMILES string of the molecule is Cc1cc(Br)ccc1NC(=O)NC(C)(C)CO. The van der Waals surface area contributed by atoms with Crippen LogP contribution in [-0.2, 0) is 0 Å². The minimum absolute atomic E-state index is 0.111. The van der Waals surface area contributed by atoms with Gasteiger partial charge in [-0.2, -0.15) is 0 Å². The van der Waals surface area contributed by atoms with Crippen LogP contribution in [0.5, 0.6) is 0 Å². The Balaban J connectivity index is 2.69. The highest BCUT2D eigenvalue weighted by Crippen LogP contribution is 2.20. The van der Waals surface area contributed by atoms with Crippen molar-refractivity contribution in [1.82, 2.24) is 5.32 Å². The van der Waals surface area contributed by atoms with E-state index >= 15 is 0 Å². The number of aliphatic hydroxyl groups excluding tert-OH is 1. The molecule has 1 aromatic rings. The number of urea groups is 1. The number of hydrogen-bond acceptors (Lipinski definition) is 2. The molecule has 1 rings (SSSR count). The zero-order valence-corrected chi connectivity index (χ0v) is 11.8. The van der Waals surface area contributed by atoms with Gasteiger partial charge in [0, 0.05) is 10.2 Å². The largest absolute Gasteiger partial charge is 0.394 e. The van der Waals surface area contributed by atoms with Crippen molar-refractivity contribution in [3.05, 3.63) is 28.2 Å². The molecule has 5 heteroatoms. The van der Waals surface area contributed by atoms with Crippen LogP contribution in [0.4, 0.5) is 10.5 Å². The van der Waals surface area contributed by atoms with Gasteiger partial charge in [-0.15, -0.1) is 0 Å². The van der Waals surface area contributed by atoms with Gasteiger partial charge < -0.3 is 15.7 Å². The smallest absolute Gasteiger partial charge is 0.319 e. The molecular formula is C12H17BrN2O2. The molecule has 0 fully saturated rings. The predicted molar refractivity (Wildman–Crippen MR) is 72.2 cm³/mol. The van der Waals surface area contributed by atoms with Gasteiger partial charge in [0.25, 0.3) is 0 Å². The summed E-state index contributed by atoms with van der Waals surface area (Å²) in [7, 11) is 0. The molecule has 17 heavy (non-hydrogen) atoms. The van der Waals surface area contributed by atoms with E-state index in [1.807, 2.05) is 25.1 Å². The summed E-state index contributed by atoms with van der Waals surface area (Å²) in [5, 5.41) is 14.5. The van der Waals surface area contributed by atoms with Gasteiger partial charge in [-0.1, -0.05) is 15.9 Å². The van der Waals surface area contributed by atoms with Crippen LogP contribution in [0.15, 0.2) is 22.7 Å². The molecule has 0 radical (unpaired) electrons. The summed E-state index contributed by atoms with van der Waals surface area (Å²) in [6, 6.07) is 5.28. The molecule has 0 heterocycles. The fourth-order valence-corrected chi connectivity index (χ4v) is 1.74. The molecule has 1 aromatic carbocycles. The van der Waals surface area contributed by atoms with Crippen molar-refractivity contribution in [1.29, 1.82) is 0 Å². The topological polar surface area (TPSA) is 61.4 Å². The second kappa shape index (κ2) is 5.51. The van der Waals surface area contributed by atoms with Crippen LogP contribution in [-0.4, -0.2) is 23.3 Å². The van der Waals surface area contributed by atoms with Crippen LogP contribution in [0.2, 0.25) is 0 Å². The van der Waals surface area contributed by atoms with Gasteiger partial charge in [-0.3, -0.25) is 0 Å². The Morgan fingerprint density at radius 3 is 2.65 bits per heavy atom. The average Bonchev–Trinajstić information content (AvgIpc) is 2.21. The number of halogens is 1. The lowest BCUT2D eigenvalue weighted by atomic mass is 10.1. The standard InChI is InChI=1S/C12H17BrN2O2/c1-8-6-9(13)4-5-10(8)14-11(17)15-12(2,3)7-16/h4-6,16H,7H2,1-3H3,(H2,14,15,17). The minimum Gasteiger partial charge on any atom is -0.394 e. The van der Waals surface area contributed by atoms with Crippen molar-refractivity contribution < 1.29 is 9.90 Å². The fourth-order valence-electron chi connectivity index (χ4n) is 1.27. The number of carbonyl (C=O) groups is 1. The summed E-state index contributed by atoms with van der Waals surface area (Å²) in [6.07, 6.45) is 0. The lowest BCUT2D eigenvalue weighted by molar-refractivity contribution is 0.187. The number of rotatable bonds is 3. The molecule has 0 saturated carbocycles. The van der Waals surface area contributed by atoms with E-state index < -0.39 is 5.54 Å². The first-order valence-corrected chi connectivity index (χ1v) is 6.09. The third-order valence-corrected chi connectivity index (χ3v) is 2.78. The highest BCUT2D eigenvalue weighted by atomic mass is 79.9. The Kier molecular flexibility index (Phi) is 4.54. The van der Waals surface area contributed by atoms with Gasteiger partial charge in [0.05, 0.1) is 12.1 Å². The van der Waals surface area contributed by atoms with E-state index in [2.05, 4.69) is 26.6 Å². The van der Waals surface area contributed by atoms with Crippen molar-refractivity contribution in [2.45, 2.75) is 26.3 Å². The Morgan fingerprint density at radius 1 is 1.47 bits per heavy atom. The van der Waals surface area contributed by atoms with E-state index in [0.29, 0.717) is 0 Å². The normalized spacial score (nSPS) is 11.1. The zero-order valence-electron chi connectivity index (χ0n) is 10.2. The molecule has 0 unspecified atom stereocenters. The van der Waals surface area contributed by atoms with Crippen LogP contribution in [0.25, 0.3) is 0 Å². The summed E-state index contributed by atoms with van der Waals surface area (Å²) in [5.41, 5.74) is 1.09. The number of benzene rings is 1. The molecule has 0 aliphatic rings. The lowest BCUT2D eigenvalue weighted by Gasteiger charge is -2.23. The minimum atomic E-state index is -0.632. The van der Waals surface area contributed by atoms with Gasteiger partial charge in [0.15, 0.2) is 0 Å². The monoisotopic (exact) mass is 300 g/mol. The van der Waals surface area contributed by atoms with Crippen LogP contribution < -0.4 is 10.6 Å². The molecule has 2 amide bonds. The molecule has 3 N–H and O–H groups in total. The molecule has 0 spiro atoms. The Hall–Kier alpha value is -1.07. The number of carbonyl (C=O) groups excluding carboxylic acids is 1. The first-order chi connectivity index (χ1) is 7.84. The molecule has 0 bridgehead atoms. The Labute approximate surface area is 110 Å². The van der Waals surface area contributed by atoms with E-state index in [-0.39, 0.29) is 12.6 Å². The number of nitrogens with one attached hydrogen (secondary N) is 2. The van der Waals surface area contributed by atoms with E-state index in [0.717, 1.165) is 15.7 Å². The van der Waals surface area contributed by atoms with Crippen LogP contribution >= 0.6 is 15.9 Å². The van der Waals surface area contributed by atoms with Crippen LogP contribution in [0.1, 0.15) is 19.4 Å². The van der Waals surface area contributed by atoms with Crippen molar-refractivity contribution in [2.24, 2.45) is 0 Å². The number of aryl methyl sites for hydroxylation is 1. The first-order valence-electron chi connectivity index (χ1n) is 5.30. The summed E-state index contributed by atoms with van der Waals surface area (Å²) < 4.78 is 0.969. The average molecular weight is 301 g/mol. The number of hydrogen-bond donors (Lipinski definition) is 3. The fraction of sp³-hybridized carbons (Fsp3) is 0.417. The second-order valence-corrected chi connectivity index (χ2v) is 5.50. The van der Waals surface area contributed by atoms with E-state index in [1.54, 1.807) is 13.8 Å². The van der Waals surface area contributed by atoms with E-state index in [4.69, 9.17) is 5.11 Å². The molecule has 0 aromatic heterocycles. The van der Waals surface area contributed by atoms with E-state index in [1.165, 1.54) is 0 Å². The lowest BCUT2D eigenvalue weighted by Crippen LogP contribution is -2.48. The molecule has 0 atom stereocenters. The molecule has 94 valence electrons. The highest BCUT2D eigenvalue weighted by Gasteiger charge is 2.19. The van der Waals surface area contributed by atoms with Crippen LogP contribution in [0, 0.1) is 6.92 Å². The van der Waals surface area contributed by atoms with Gasteiger partial charge in [-0.25, -0.2) is 4.79 Å². The third-order valence-electron chi connectivity index (χ3n) is 2.28. The molecular weight excluding hydrogens is 284 g/mol. The van der Waals surface area contributed by atoms with Gasteiger partial charge in [0.2, 0.25) is 0 Å². The maximum absolute atomic E-state index is 11.7. The van der Waals surface area contributed by atoms with Gasteiger partial charge >= 0.3 is 6.03 Å². The molecule has 0 aliphatic heterocycles. The molecule has 0 aliphatic carbocycles. The zero-order chi connectivity index (χ0) is 13.1. The Bertz CT molecular complexity index is 419. The number of anilines is 1.